The molecule has 5 nitrogen and oxygen atoms in total. The maximum atomic E-state index is 11.8. The Bertz CT molecular complexity index is 629. The number of benzene rings is 2. The van der Waals surface area contributed by atoms with Gasteiger partial charge in [-0.1, -0.05) is 65.9 Å². The second-order valence-electron chi connectivity index (χ2n) is 4.69. The Hall–Kier alpha value is -2.53. The maximum Gasteiger partial charge on any atom is 0.191 e. The molecule has 1 aliphatic heterocycles. The lowest BCUT2D eigenvalue weighted by atomic mass is 9.81. The fraction of sp³-hybridized carbons (Fsp3) is 0.133. The summed E-state index contributed by atoms with van der Waals surface area (Å²) in [5.41, 5.74) is 0.577. The van der Waals surface area contributed by atoms with Gasteiger partial charge in [0, 0.05) is 0 Å². The fourth-order valence-corrected chi connectivity index (χ4v) is 2.55. The van der Waals surface area contributed by atoms with Crippen LogP contribution in [0.3, 0.4) is 0 Å². The second kappa shape index (κ2) is 4.86. The van der Waals surface area contributed by atoms with E-state index in [-0.39, 0.29) is 0 Å². The smallest absolute Gasteiger partial charge is 0.191 e. The molecular weight excluding hydrogens is 252 g/mol. The van der Waals surface area contributed by atoms with Crippen molar-refractivity contribution in [3.63, 3.8) is 0 Å². The first kappa shape index (κ1) is 12.5. The summed E-state index contributed by atoms with van der Waals surface area (Å²) < 4.78 is 0. The average Bonchev–Trinajstić information content (AvgIpc) is 2.87. The van der Waals surface area contributed by atoms with Crippen molar-refractivity contribution in [3.8, 4) is 0 Å². The molecule has 2 aromatic rings. The van der Waals surface area contributed by atoms with E-state index >= 15 is 0 Å². The van der Waals surface area contributed by atoms with Crippen molar-refractivity contribution in [1.82, 2.24) is 5.12 Å². The van der Waals surface area contributed by atoms with Crippen LogP contribution in [-0.2, 0) is 10.3 Å². The van der Waals surface area contributed by atoms with Gasteiger partial charge in [0.1, 0.15) is 6.04 Å². The SMILES string of the molecule is NN1N=NC(C=O)(c2ccccc2)C1c1ccccc1. The molecule has 0 saturated heterocycles. The summed E-state index contributed by atoms with van der Waals surface area (Å²) in [6.07, 6.45) is 0.816. The quantitative estimate of drug-likeness (QED) is 0.685. The number of carbonyl (C=O) groups excluding carboxylic acids is 1. The first-order chi connectivity index (χ1) is 9.78. The molecule has 0 spiro atoms. The number of hydrogen-bond acceptors (Lipinski definition) is 5. The Balaban J connectivity index is 2.14. The minimum absolute atomic E-state index is 0.441. The van der Waals surface area contributed by atoms with Crippen molar-refractivity contribution in [2.45, 2.75) is 11.6 Å². The molecule has 0 fully saturated rings. The Morgan fingerprint density at radius 3 is 2.25 bits per heavy atom. The Kier molecular flexibility index (Phi) is 3.04. The van der Waals surface area contributed by atoms with Crippen LogP contribution < -0.4 is 5.84 Å². The predicted octanol–water partition coefficient (Wildman–Crippen LogP) is 2.38. The van der Waals surface area contributed by atoms with Gasteiger partial charge < -0.3 is 4.79 Å². The van der Waals surface area contributed by atoms with E-state index in [0.717, 1.165) is 17.4 Å². The van der Waals surface area contributed by atoms with Gasteiger partial charge in [0.25, 0.3) is 0 Å². The van der Waals surface area contributed by atoms with Crippen LogP contribution >= 0.6 is 0 Å². The Morgan fingerprint density at radius 1 is 1.05 bits per heavy atom. The van der Waals surface area contributed by atoms with Crippen molar-refractivity contribution >= 4 is 6.29 Å². The monoisotopic (exact) mass is 266 g/mol. The van der Waals surface area contributed by atoms with Gasteiger partial charge in [-0.05, 0) is 11.1 Å². The van der Waals surface area contributed by atoms with Crippen LogP contribution in [0.5, 0.6) is 0 Å². The summed E-state index contributed by atoms with van der Waals surface area (Å²) in [4.78, 5) is 11.8. The highest BCUT2D eigenvalue weighted by Gasteiger charge is 2.49. The number of aldehydes is 1. The zero-order chi connectivity index (χ0) is 14.0. The van der Waals surface area contributed by atoms with E-state index in [9.17, 15) is 4.79 Å². The molecule has 2 atom stereocenters. The first-order valence-corrected chi connectivity index (χ1v) is 6.31. The molecule has 1 heterocycles. The molecule has 2 aromatic carbocycles. The number of carbonyl (C=O) groups is 1. The van der Waals surface area contributed by atoms with Crippen molar-refractivity contribution in [2.24, 2.45) is 16.2 Å². The zero-order valence-electron chi connectivity index (χ0n) is 10.8. The van der Waals surface area contributed by atoms with E-state index < -0.39 is 11.6 Å². The Morgan fingerprint density at radius 2 is 1.65 bits per heavy atom. The first-order valence-electron chi connectivity index (χ1n) is 6.31. The molecule has 2 N–H and O–H groups in total. The Labute approximate surface area is 116 Å². The predicted molar refractivity (Wildman–Crippen MR) is 74.2 cm³/mol. The van der Waals surface area contributed by atoms with E-state index in [2.05, 4.69) is 10.3 Å². The molecule has 20 heavy (non-hydrogen) atoms. The summed E-state index contributed by atoms with van der Waals surface area (Å²) >= 11 is 0. The van der Waals surface area contributed by atoms with Gasteiger partial charge >= 0.3 is 0 Å². The third kappa shape index (κ3) is 1.80. The third-order valence-corrected chi connectivity index (χ3v) is 3.53. The van der Waals surface area contributed by atoms with Gasteiger partial charge in [-0.2, -0.15) is 0 Å². The van der Waals surface area contributed by atoms with Gasteiger partial charge in [0.15, 0.2) is 11.8 Å². The zero-order valence-corrected chi connectivity index (χ0v) is 10.8. The molecule has 0 aliphatic carbocycles. The lowest BCUT2D eigenvalue weighted by Gasteiger charge is -2.29. The summed E-state index contributed by atoms with van der Waals surface area (Å²) in [7, 11) is 0. The van der Waals surface area contributed by atoms with Crippen LogP contribution in [0.25, 0.3) is 0 Å². The standard InChI is InChI=1S/C15H14N4O/c16-19-14(12-7-3-1-4-8-12)15(11-20,17-18-19)13-9-5-2-6-10-13/h1-11,14H,16H2. The molecule has 5 heteroatoms. The van der Waals surface area contributed by atoms with E-state index in [1.165, 1.54) is 5.12 Å². The maximum absolute atomic E-state index is 11.8. The minimum Gasteiger partial charge on any atom is -0.300 e. The highest BCUT2D eigenvalue weighted by molar-refractivity contribution is 5.70. The van der Waals surface area contributed by atoms with Gasteiger partial charge in [-0.15, -0.1) is 5.11 Å². The summed E-state index contributed by atoms with van der Waals surface area (Å²) in [6, 6.07) is 18.5. The molecule has 0 amide bonds. The van der Waals surface area contributed by atoms with Crippen LogP contribution in [0, 0.1) is 0 Å². The number of nitrogens with zero attached hydrogens (tertiary/aromatic N) is 3. The normalized spacial score (nSPS) is 24.9. The highest BCUT2D eigenvalue weighted by atomic mass is 16.1. The minimum atomic E-state index is -1.10. The molecule has 1 aliphatic rings. The molecule has 3 rings (SSSR count). The second-order valence-corrected chi connectivity index (χ2v) is 4.69. The third-order valence-electron chi connectivity index (χ3n) is 3.53. The molecular formula is C15H14N4O. The molecule has 0 aromatic heterocycles. The van der Waals surface area contributed by atoms with Crippen LogP contribution in [0.4, 0.5) is 0 Å². The lowest BCUT2D eigenvalue weighted by molar-refractivity contribution is -0.113. The number of rotatable bonds is 3. The molecule has 2 unspecified atom stereocenters. The number of nitrogens with two attached hydrogens (primary N) is 1. The van der Waals surface area contributed by atoms with Crippen molar-refractivity contribution in [2.75, 3.05) is 0 Å². The fourth-order valence-electron chi connectivity index (χ4n) is 2.55. The van der Waals surface area contributed by atoms with Crippen molar-refractivity contribution < 1.29 is 4.79 Å². The van der Waals surface area contributed by atoms with Gasteiger partial charge in [-0.25, -0.2) is 11.0 Å². The largest absolute Gasteiger partial charge is 0.300 e. The van der Waals surface area contributed by atoms with E-state index in [0.29, 0.717) is 0 Å². The van der Waals surface area contributed by atoms with E-state index in [1.54, 1.807) is 0 Å². The van der Waals surface area contributed by atoms with Crippen molar-refractivity contribution in [3.05, 3.63) is 71.8 Å². The molecule has 0 saturated carbocycles. The van der Waals surface area contributed by atoms with Crippen LogP contribution in [0.1, 0.15) is 17.2 Å². The van der Waals surface area contributed by atoms with Gasteiger partial charge in [0.2, 0.25) is 0 Å². The lowest BCUT2D eigenvalue weighted by Crippen LogP contribution is -2.40. The molecule has 0 radical (unpaired) electrons. The molecule has 0 bridgehead atoms. The van der Waals surface area contributed by atoms with Gasteiger partial charge in [-0.3, -0.25) is 0 Å². The van der Waals surface area contributed by atoms with Crippen LogP contribution in [0.2, 0.25) is 0 Å². The molecule has 100 valence electrons. The average molecular weight is 266 g/mol. The van der Waals surface area contributed by atoms with E-state index in [1.807, 2.05) is 60.7 Å². The summed E-state index contributed by atoms with van der Waals surface area (Å²) in [5, 5.41) is 9.30. The summed E-state index contributed by atoms with van der Waals surface area (Å²) in [6.45, 7) is 0. The van der Waals surface area contributed by atoms with Gasteiger partial charge in [0.05, 0.1) is 0 Å². The summed E-state index contributed by atoms with van der Waals surface area (Å²) in [5.74, 6) is 5.91. The van der Waals surface area contributed by atoms with Crippen molar-refractivity contribution in [1.29, 1.82) is 0 Å². The van der Waals surface area contributed by atoms with Crippen LogP contribution in [0.15, 0.2) is 71.0 Å². The van der Waals surface area contributed by atoms with E-state index in [4.69, 9.17) is 5.84 Å². The number of hydrogen-bond donors (Lipinski definition) is 1. The topological polar surface area (TPSA) is 71.0 Å². The highest BCUT2D eigenvalue weighted by Crippen LogP contribution is 2.44. The van der Waals surface area contributed by atoms with Crippen LogP contribution in [-0.4, -0.2) is 11.4 Å². The number of hydrazine groups is 1.